The minimum atomic E-state index is -0.212. The molecule has 0 fully saturated rings. The Kier molecular flexibility index (Phi) is 7.43. The number of nitrogens with one attached hydrogen (secondary N) is 1. The van der Waals surface area contributed by atoms with Gasteiger partial charge in [-0.25, -0.2) is 4.39 Å². The predicted octanol–water partition coefficient (Wildman–Crippen LogP) is 5.48. The molecule has 1 heterocycles. The fourth-order valence-electron chi connectivity index (χ4n) is 3.54. The molecule has 5 heteroatoms. The number of hydrogen-bond donors (Lipinski definition) is 1. The molecule has 0 aliphatic heterocycles. The number of ether oxygens (including phenoxy) is 1. The first kappa shape index (κ1) is 21.9. The number of benzene rings is 3. The second kappa shape index (κ2) is 10.8. The van der Waals surface area contributed by atoms with Crippen LogP contribution < -0.4 is 5.32 Å². The lowest BCUT2D eigenvalue weighted by Crippen LogP contribution is -2.19. The summed E-state index contributed by atoms with van der Waals surface area (Å²) in [6.45, 7) is 2.61. The number of fused-ring (bicyclic) bond motifs is 1. The van der Waals surface area contributed by atoms with Gasteiger partial charge in [0, 0.05) is 30.5 Å². The van der Waals surface area contributed by atoms with E-state index >= 15 is 0 Å². The lowest BCUT2D eigenvalue weighted by Gasteiger charge is -2.07. The van der Waals surface area contributed by atoms with Crippen molar-refractivity contribution in [3.63, 3.8) is 0 Å². The largest absolute Gasteiger partial charge is 0.461 e. The van der Waals surface area contributed by atoms with Crippen LogP contribution in [-0.4, -0.2) is 19.4 Å². The Balaban J connectivity index is 1.20. The Labute approximate surface area is 187 Å². The number of furan rings is 1. The molecule has 1 N–H and O–H groups in total. The van der Waals surface area contributed by atoms with E-state index < -0.39 is 0 Å². The van der Waals surface area contributed by atoms with Gasteiger partial charge in [-0.15, -0.1) is 0 Å². The van der Waals surface area contributed by atoms with Gasteiger partial charge in [-0.1, -0.05) is 48.5 Å². The minimum absolute atomic E-state index is 0.212. The van der Waals surface area contributed by atoms with Crippen LogP contribution in [0.3, 0.4) is 0 Å². The molecule has 4 aromatic rings. The molecule has 0 amide bonds. The van der Waals surface area contributed by atoms with E-state index in [1.54, 1.807) is 12.1 Å². The molecule has 0 aliphatic rings. The van der Waals surface area contributed by atoms with E-state index in [4.69, 9.17) is 9.15 Å². The van der Waals surface area contributed by atoms with E-state index in [1.165, 1.54) is 12.1 Å². The predicted molar refractivity (Wildman–Crippen MR) is 123 cm³/mol. The topological polar surface area (TPSA) is 51.5 Å². The molecular formula is C27H26FNO3. The van der Waals surface area contributed by atoms with E-state index in [9.17, 15) is 9.18 Å². The van der Waals surface area contributed by atoms with Gasteiger partial charge >= 0.3 is 0 Å². The molecule has 0 spiro atoms. The fourth-order valence-corrected chi connectivity index (χ4v) is 3.54. The standard InChI is InChI=1S/C27H26FNO3/c28-25-10-6-20(7-11-25)8-12-26-16-24-9-5-23(15-27(24)32-26)17-29-13-14-31-19-22-3-1-21(18-30)2-4-22/h1-7,9-11,15-16,18,29H,8,12-14,17,19H2. The molecule has 3 aromatic carbocycles. The van der Waals surface area contributed by atoms with Gasteiger partial charge in [-0.2, -0.15) is 0 Å². The summed E-state index contributed by atoms with van der Waals surface area (Å²) in [5.74, 6) is 0.722. The van der Waals surface area contributed by atoms with Crippen LogP contribution in [0, 0.1) is 5.82 Å². The van der Waals surface area contributed by atoms with Gasteiger partial charge in [0.05, 0.1) is 13.2 Å². The van der Waals surface area contributed by atoms with Gasteiger partial charge in [-0.3, -0.25) is 4.79 Å². The van der Waals surface area contributed by atoms with Gasteiger partial charge in [0.25, 0.3) is 0 Å². The monoisotopic (exact) mass is 431 g/mol. The first-order chi connectivity index (χ1) is 15.7. The van der Waals surface area contributed by atoms with Crippen molar-refractivity contribution in [2.24, 2.45) is 0 Å². The molecule has 164 valence electrons. The summed E-state index contributed by atoms with van der Waals surface area (Å²) in [4.78, 5) is 10.7. The average molecular weight is 432 g/mol. The Hall–Kier alpha value is -3.28. The normalized spacial score (nSPS) is 11.2. The second-order valence-corrected chi connectivity index (χ2v) is 7.80. The minimum Gasteiger partial charge on any atom is -0.461 e. The van der Waals surface area contributed by atoms with E-state index in [2.05, 4.69) is 29.6 Å². The number of rotatable bonds is 11. The summed E-state index contributed by atoms with van der Waals surface area (Å²) >= 11 is 0. The zero-order valence-electron chi connectivity index (χ0n) is 17.9. The van der Waals surface area contributed by atoms with Crippen LogP contribution in [0.25, 0.3) is 11.0 Å². The molecule has 0 unspecified atom stereocenters. The maximum atomic E-state index is 13.0. The molecule has 1 aromatic heterocycles. The van der Waals surface area contributed by atoms with Crippen molar-refractivity contribution < 1.29 is 18.3 Å². The molecule has 4 rings (SSSR count). The van der Waals surface area contributed by atoms with Crippen molar-refractivity contribution in [3.05, 3.63) is 107 Å². The van der Waals surface area contributed by atoms with Gasteiger partial charge in [0.2, 0.25) is 0 Å². The number of aryl methyl sites for hydroxylation is 2. The third-order valence-corrected chi connectivity index (χ3v) is 5.35. The first-order valence-electron chi connectivity index (χ1n) is 10.8. The lowest BCUT2D eigenvalue weighted by atomic mass is 10.1. The smallest absolute Gasteiger partial charge is 0.150 e. The summed E-state index contributed by atoms with van der Waals surface area (Å²) < 4.78 is 24.7. The summed E-state index contributed by atoms with van der Waals surface area (Å²) in [6.07, 6.45) is 2.43. The summed E-state index contributed by atoms with van der Waals surface area (Å²) in [5, 5.41) is 4.47. The van der Waals surface area contributed by atoms with Gasteiger partial charge in [-0.05, 0) is 47.4 Å². The molecule has 0 saturated carbocycles. The van der Waals surface area contributed by atoms with Gasteiger partial charge in [0.15, 0.2) is 0 Å². The SMILES string of the molecule is O=Cc1ccc(COCCNCc2ccc3cc(CCc4ccc(F)cc4)oc3c2)cc1. The number of carbonyl (C=O) groups is 1. The van der Waals surface area contributed by atoms with Crippen LogP contribution in [0.4, 0.5) is 4.39 Å². The summed E-state index contributed by atoms with van der Waals surface area (Å²) in [6, 6.07) is 22.3. The number of aldehydes is 1. The number of hydrogen-bond acceptors (Lipinski definition) is 4. The Morgan fingerprint density at radius 1 is 0.875 bits per heavy atom. The molecule has 4 nitrogen and oxygen atoms in total. The molecule has 0 saturated heterocycles. The highest BCUT2D eigenvalue weighted by atomic mass is 19.1. The van der Waals surface area contributed by atoms with Gasteiger partial charge < -0.3 is 14.5 Å². The zero-order valence-corrected chi connectivity index (χ0v) is 17.9. The fraction of sp³-hybridized carbons (Fsp3) is 0.222. The Bertz CT molecular complexity index is 1150. The van der Waals surface area contributed by atoms with Crippen molar-refractivity contribution >= 4 is 17.3 Å². The van der Waals surface area contributed by atoms with Crippen LogP contribution in [0.2, 0.25) is 0 Å². The van der Waals surface area contributed by atoms with Crippen LogP contribution in [-0.2, 0) is 30.7 Å². The van der Waals surface area contributed by atoms with Crippen LogP contribution >= 0.6 is 0 Å². The Morgan fingerprint density at radius 3 is 2.41 bits per heavy atom. The highest BCUT2D eigenvalue weighted by Gasteiger charge is 2.06. The second-order valence-electron chi connectivity index (χ2n) is 7.80. The molecule has 0 aliphatic carbocycles. The zero-order chi connectivity index (χ0) is 22.2. The maximum absolute atomic E-state index is 13.0. The third-order valence-electron chi connectivity index (χ3n) is 5.35. The average Bonchev–Trinajstić information content (AvgIpc) is 3.23. The number of carbonyl (C=O) groups excluding carboxylic acids is 1. The van der Waals surface area contributed by atoms with Crippen LogP contribution in [0.5, 0.6) is 0 Å². The summed E-state index contributed by atoms with van der Waals surface area (Å²) in [5.41, 5.74) is 4.85. The lowest BCUT2D eigenvalue weighted by molar-refractivity contribution is 0.112. The van der Waals surface area contributed by atoms with Gasteiger partial charge in [0.1, 0.15) is 23.4 Å². The van der Waals surface area contributed by atoms with E-state index in [0.29, 0.717) is 18.8 Å². The van der Waals surface area contributed by atoms with Crippen molar-refractivity contribution in [3.8, 4) is 0 Å². The highest BCUT2D eigenvalue weighted by Crippen LogP contribution is 2.22. The molecule has 0 atom stereocenters. The third kappa shape index (κ3) is 6.13. The van der Waals surface area contributed by atoms with Crippen molar-refractivity contribution in [1.82, 2.24) is 5.32 Å². The van der Waals surface area contributed by atoms with E-state index in [-0.39, 0.29) is 5.82 Å². The van der Waals surface area contributed by atoms with Crippen LogP contribution in [0.15, 0.2) is 77.2 Å². The highest BCUT2D eigenvalue weighted by molar-refractivity contribution is 5.78. The van der Waals surface area contributed by atoms with Crippen LogP contribution in [0.1, 0.15) is 32.8 Å². The molecular weight excluding hydrogens is 405 g/mol. The molecule has 0 radical (unpaired) electrons. The van der Waals surface area contributed by atoms with Crippen molar-refractivity contribution in [2.45, 2.75) is 26.0 Å². The number of halogens is 1. The summed E-state index contributed by atoms with van der Waals surface area (Å²) in [7, 11) is 0. The van der Waals surface area contributed by atoms with E-state index in [1.807, 2.05) is 24.3 Å². The van der Waals surface area contributed by atoms with E-state index in [0.717, 1.165) is 65.6 Å². The maximum Gasteiger partial charge on any atom is 0.150 e. The quantitative estimate of drug-likeness (QED) is 0.253. The van der Waals surface area contributed by atoms with Crippen molar-refractivity contribution in [2.75, 3.05) is 13.2 Å². The first-order valence-corrected chi connectivity index (χ1v) is 10.8. The van der Waals surface area contributed by atoms with Crippen molar-refractivity contribution in [1.29, 1.82) is 0 Å². The molecule has 0 bridgehead atoms. The Morgan fingerprint density at radius 2 is 1.62 bits per heavy atom. The molecule has 32 heavy (non-hydrogen) atoms.